The van der Waals surface area contributed by atoms with E-state index in [1.165, 1.54) is 6.20 Å². The molecule has 0 amide bonds. The molecule has 0 aliphatic carbocycles. The fourth-order valence-corrected chi connectivity index (χ4v) is 2.18. The fraction of sp³-hybridized carbons (Fsp3) is 0.154. The van der Waals surface area contributed by atoms with Gasteiger partial charge < -0.3 is 0 Å². The molecule has 1 aromatic carbocycles. The van der Waals surface area contributed by atoms with E-state index in [-0.39, 0.29) is 5.82 Å². The molecule has 1 aromatic heterocycles. The number of halogens is 2. The number of aryl methyl sites for hydroxylation is 1. The second-order valence-corrected chi connectivity index (χ2v) is 4.67. The van der Waals surface area contributed by atoms with Crippen molar-refractivity contribution in [3.05, 3.63) is 52.0 Å². The lowest BCUT2D eigenvalue weighted by atomic mass is 9.98. The minimum atomic E-state index is -0.264. The molecule has 0 N–H and O–H groups in total. The zero-order valence-corrected chi connectivity index (χ0v) is 10.7. The van der Waals surface area contributed by atoms with Gasteiger partial charge in [-0.1, -0.05) is 22.0 Å². The summed E-state index contributed by atoms with van der Waals surface area (Å²) >= 11 is 3.41. The lowest BCUT2D eigenvalue weighted by molar-refractivity contribution is 0.613. The van der Waals surface area contributed by atoms with Crippen LogP contribution in [0.15, 0.2) is 35.1 Å². The summed E-state index contributed by atoms with van der Waals surface area (Å²) in [6, 6.07) is 5.94. The van der Waals surface area contributed by atoms with Crippen LogP contribution in [0, 0.1) is 19.7 Å². The average molecular weight is 280 g/mol. The first-order chi connectivity index (χ1) is 7.59. The Hall–Kier alpha value is -1.22. The van der Waals surface area contributed by atoms with Crippen LogP contribution in [0.4, 0.5) is 4.39 Å². The van der Waals surface area contributed by atoms with Crippen molar-refractivity contribution in [2.45, 2.75) is 13.8 Å². The highest BCUT2D eigenvalue weighted by Crippen LogP contribution is 2.28. The quantitative estimate of drug-likeness (QED) is 0.760. The average Bonchev–Trinajstić information content (AvgIpc) is 2.23. The maximum Gasteiger partial charge on any atom is 0.145 e. The van der Waals surface area contributed by atoms with Gasteiger partial charge in [0.25, 0.3) is 0 Å². The van der Waals surface area contributed by atoms with Gasteiger partial charge in [-0.2, -0.15) is 0 Å². The SMILES string of the molecule is Cc1cc(Br)ccc1-c1cncc(F)c1C. The summed E-state index contributed by atoms with van der Waals surface area (Å²) in [7, 11) is 0. The third-order valence-corrected chi connectivity index (χ3v) is 3.13. The van der Waals surface area contributed by atoms with E-state index in [1.807, 2.05) is 25.1 Å². The highest BCUT2D eigenvalue weighted by molar-refractivity contribution is 9.10. The van der Waals surface area contributed by atoms with Crippen molar-refractivity contribution in [1.82, 2.24) is 4.98 Å². The number of aromatic nitrogens is 1. The summed E-state index contributed by atoms with van der Waals surface area (Å²) in [6.07, 6.45) is 2.95. The van der Waals surface area contributed by atoms with Crippen LogP contribution in [-0.4, -0.2) is 4.98 Å². The molecule has 0 aliphatic rings. The highest BCUT2D eigenvalue weighted by atomic mass is 79.9. The predicted molar refractivity (Wildman–Crippen MR) is 66.8 cm³/mol. The molecule has 3 heteroatoms. The van der Waals surface area contributed by atoms with Crippen LogP contribution in [0.3, 0.4) is 0 Å². The molecule has 0 bridgehead atoms. The third-order valence-electron chi connectivity index (χ3n) is 2.63. The van der Waals surface area contributed by atoms with Crippen LogP contribution < -0.4 is 0 Å². The second kappa shape index (κ2) is 4.34. The van der Waals surface area contributed by atoms with Gasteiger partial charge in [0.05, 0.1) is 6.20 Å². The summed E-state index contributed by atoms with van der Waals surface area (Å²) in [5.41, 5.74) is 3.61. The van der Waals surface area contributed by atoms with Gasteiger partial charge in [-0.25, -0.2) is 4.39 Å². The summed E-state index contributed by atoms with van der Waals surface area (Å²) in [4.78, 5) is 3.90. The van der Waals surface area contributed by atoms with Gasteiger partial charge in [0.15, 0.2) is 0 Å². The molecule has 16 heavy (non-hydrogen) atoms. The summed E-state index contributed by atoms with van der Waals surface area (Å²) in [5, 5.41) is 0. The Labute approximate surface area is 102 Å². The van der Waals surface area contributed by atoms with E-state index >= 15 is 0 Å². The predicted octanol–water partition coefficient (Wildman–Crippen LogP) is 4.27. The van der Waals surface area contributed by atoms with Crippen molar-refractivity contribution in [3.63, 3.8) is 0 Å². The molecule has 0 unspecified atom stereocenters. The molecule has 0 atom stereocenters. The molecule has 2 rings (SSSR count). The van der Waals surface area contributed by atoms with E-state index in [4.69, 9.17) is 0 Å². The standard InChI is InChI=1S/C13H11BrFN/c1-8-5-10(14)3-4-11(8)12-6-16-7-13(15)9(12)2/h3-7H,1-2H3. The van der Waals surface area contributed by atoms with Gasteiger partial charge in [-0.3, -0.25) is 4.98 Å². The Bertz CT molecular complexity index is 537. The molecule has 0 saturated heterocycles. The first-order valence-electron chi connectivity index (χ1n) is 4.96. The zero-order valence-electron chi connectivity index (χ0n) is 9.09. The van der Waals surface area contributed by atoms with Crippen molar-refractivity contribution >= 4 is 15.9 Å². The molecule has 82 valence electrons. The molecule has 1 nitrogen and oxygen atoms in total. The Kier molecular flexibility index (Phi) is 3.06. The normalized spacial score (nSPS) is 10.5. The number of hydrogen-bond acceptors (Lipinski definition) is 1. The molecule has 0 fully saturated rings. The summed E-state index contributed by atoms with van der Waals surface area (Å²) < 4.78 is 14.4. The van der Waals surface area contributed by atoms with E-state index in [0.717, 1.165) is 21.2 Å². The third kappa shape index (κ3) is 2.00. The van der Waals surface area contributed by atoms with Crippen LogP contribution in [0.25, 0.3) is 11.1 Å². The van der Waals surface area contributed by atoms with Crippen molar-refractivity contribution in [1.29, 1.82) is 0 Å². The molecule has 0 saturated carbocycles. The topological polar surface area (TPSA) is 12.9 Å². The van der Waals surface area contributed by atoms with Crippen LogP contribution in [-0.2, 0) is 0 Å². The molecule has 0 spiro atoms. The molecular formula is C13H11BrFN. The fourth-order valence-electron chi connectivity index (χ4n) is 1.70. The first-order valence-corrected chi connectivity index (χ1v) is 5.75. The summed E-state index contributed by atoms with van der Waals surface area (Å²) in [5.74, 6) is -0.264. The lowest BCUT2D eigenvalue weighted by Crippen LogP contribution is -1.92. The molecule has 2 aromatic rings. The zero-order chi connectivity index (χ0) is 11.7. The molecule has 0 radical (unpaired) electrons. The number of pyridine rings is 1. The number of rotatable bonds is 1. The minimum absolute atomic E-state index is 0.264. The van der Waals surface area contributed by atoms with Crippen molar-refractivity contribution in [2.24, 2.45) is 0 Å². The van der Waals surface area contributed by atoms with Gasteiger partial charge >= 0.3 is 0 Å². The number of benzene rings is 1. The molecule has 1 heterocycles. The van der Waals surface area contributed by atoms with Crippen molar-refractivity contribution in [3.8, 4) is 11.1 Å². The van der Waals surface area contributed by atoms with Crippen LogP contribution in [0.1, 0.15) is 11.1 Å². The number of nitrogens with zero attached hydrogens (tertiary/aromatic N) is 1. The van der Waals surface area contributed by atoms with E-state index < -0.39 is 0 Å². The van der Waals surface area contributed by atoms with Crippen LogP contribution in [0.2, 0.25) is 0 Å². The largest absolute Gasteiger partial charge is 0.261 e. The smallest absolute Gasteiger partial charge is 0.145 e. The first kappa shape index (κ1) is 11.3. The van der Waals surface area contributed by atoms with E-state index in [2.05, 4.69) is 20.9 Å². The number of hydrogen-bond donors (Lipinski definition) is 0. The van der Waals surface area contributed by atoms with Gasteiger partial charge in [0.2, 0.25) is 0 Å². The monoisotopic (exact) mass is 279 g/mol. The van der Waals surface area contributed by atoms with Gasteiger partial charge in [0.1, 0.15) is 5.82 Å². The Morgan fingerprint density at radius 3 is 2.56 bits per heavy atom. The van der Waals surface area contributed by atoms with E-state index in [9.17, 15) is 4.39 Å². The Morgan fingerprint density at radius 1 is 1.12 bits per heavy atom. The Morgan fingerprint density at radius 2 is 1.88 bits per heavy atom. The van der Waals surface area contributed by atoms with Gasteiger partial charge in [0, 0.05) is 16.2 Å². The van der Waals surface area contributed by atoms with Crippen molar-refractivity contribution < 1.29 is 4.39 Å². The maximum atomic E-state index is 13.4. The van der Waals surface area contributed by atoms with Crippen LogP contribution >= 0.6 is 15.9 Å². The molecule has 0 aliphatic heterocycles. The van der Waals surface area contributed by atoms with Crippen molar-refractivity contribution in [2.75, 3.05) is 0 Å². The van der Waals surface area contributed by atoms with Crippen LogP contribution in [0.5, 0.6) is 0 Å². The van der Waals surface area contributed by atoms with E-state index in [1.54, 1.807) is 13.1 Å². The second-order valence-electron chi connectivity index (χ2n) is 3.75. The Balaban J connectivity index is 2.63. The lowest BCUT2D eigenvalue weighted by Gasteiger charge is -2.09. The highest BCUT2D eigenvalue weighted by Gasteiger charge is 2.08. The molecular weight excluding hydrogens is 269 g/mol. The van der Waals surface area contributed by atoms with E-state index in [0.29, 0.717) is 5.56 Å². The van der Waals surface area contributed by atoms with Gasteiger partial charge in [-0.05, 0) is 42.7 Å². The maximum absolute atomic E-state index is 13.4. The summed E-state index contributed by atoms with van der Waals surface area (Å²) in [6.45, 7) is 3.78. The minimum Gasteiger partial charge on any atom is -0.261 e. The van der Waals surface area contributed by atoms with Gasteiger partial charge in [-0.15, -0.1) is 0 Å².